The van der Waals surface area contributed by atoms with Gasteiger partial charge in [-0.15, -0.1) is 0 Å². The average molecular weight is 290 g/mol. The molecule has 0 radical (unpaired) electrons. The molecule has 0 bridgehead atoms. The van der Waals surface area contributed by atoms with Crippen molar-refractivity contribution in [2.75, 3.05) is 26.2 Å². The molecule has 4 nitrogen and oxygen atoms in total. The van der Waals surface area contributed by atoms with Crippen molar-refractivity contribution in [3.8, 4) is 0 Å². The number of rotatable bonds is 2. The van der Waals surface area contributed by atoms with Crippen LogP contribution < -0.4 is 0 Å². The number of likely N-dealkylation sites (tertiary alicyclic amines) is 2. The van der Waals surface area contributed by atoms with E-state index in [2.05, 4.69) is 0 Å². The van der Waals surface area contributed by atoms with E-state index >= 15 is 0 Å². The molecule has 0 N–H and O–H groups in total. The zero-order valence-corrected chi connectivity index (χ0v) is 12.3. The number of carbonyl (C=O) groups is 1. The third kappa shape index (κ3) is 4.04. The molecule has 2 fully saturated rings. The predicted octanol–water partition coefficient (Wildman–Crippen LogP) is 2.73. The first-order valence-corrected chi connectivity index (χ1v) is 7.45. The predicted molar refractivity (Wildman–Crippen MR) is 72.0 cm³/mol. The van der Waals surface area contributed by atoms with Crippen LogP contribution in [0.3, 0.4) is 0 Å². The molecule has 0 aliphatic carbocycles. The summed E-state index contributed by atoms with van der Waals surface area (Å²) < 4.78 is 32.0. The van der Waals surface area contributed by atoms with Gasteiger partial charge < -0.3 is 9.64 Å². The van der Waals surface area contributed by atoms with E-state index in [4.69, 9.17) is 4.74 Å². The molecule has 0 aromatic rings. The van der Waals surface area contributed by atoms with E-state index in [1.807, 2.05) is 18.7 Å². The Morgan fingerprint density at radius 3 is 2.45 bits per heavy atom. The quantitative estimate of drug-likeness (QED) is 0.784. The van der Waals surface area contributed by atoms with Gasteiger partial charge in [0.1, 0.15) is 0 Å². The molecule has 1 amide bonds. The molecular formula is C14H24F2N2O2. The summed E-state index contributed by atoms with van der Waals surface area (Å²) in [7, 11) is 0. The standard InChI is InChI=1S/C14H24F2N2O2/c1-11(2)20-13(19)17-8-4-12(5-9-17)18-7-3-6-14(15,16)10-18/h11-12H,3-10H2,1-2H3. The number of alkyl halides is 2. The van der Waals surface area contributed by atoms with E-state index in [0.29, 0.717) is 19.5 Å². The number of piperidine rings is 2. The molecule has 20 heavy (non-hydrogen) atoms. The summed E-state index contributed by atoms with van der Waals surface area (Å²) in [5.41, 5.74) is 0. The highest BCUT2D eigenvalue weighted by atomic mass is 19.3. The van der Waals surface area contributed by atoms with Gasteiger partial charge in [0.05, 0.1) is 12.6 Å². The van der Waals surface area contributed by atoms with Gasteiger partial charge in [-0.1, -0.05) is 0 Å². The Kier molecular flexibility index (Phi) is 4.83. The number of nitrogens with zero attached hydrogens (tertiary/aromatic N) is 2. The summed E-state index contributed by atoms with van der Waals surface area (Å²) in [6.07, 6.45) is 1.65. The van der Waals surface area contributed by atoms with Gasteiger partial charge in [0.25, 0.3) is 5.92 Å². The monoisotopic (exact) mass is 290 g/mol. The zero-order chi connectivity index (χ0) is 14.8. The third-order valence-electron chi connectivity index (χ3n) is 4.00. The van der Waals surface area contributed by atoms with Crippen molar-refractivity contribution in [1.29, 1.82) is 0 Å². The lowest BCUT2D eigenvalue weighted by molar-refractivity contribution is -0.0805. The van der Waals surface area contributed by atoms with Crippen molar-refractivity contribution in [3.05, 3.63) is 0 Å². The Labute approximate surface area is 119 Å². The summed E-state index contributed by atoms with van der Waals surface area (Å²) in [6, 6.07) is 0.171. The summed E-state index contributed by atoms with van der Waals surface area (Å²) in [6.45, 7) is 5.45. The van der Waals surface area contributed by atoms with Crippen molar-refractivity contribution in [2.24, 2.45) is 0 Å². The fourth-order valence-electron chi connectivity index (χ4n) is 3.00. The second kappa shape index (κ2) is 6.24. The SMILES string of the molecule is CC(C)OC(=O)N1CCC(N2CCCC(F)(F)C2)CC1. The van der Waals surface area contributed by atoms with Crippen LogP contribution in [0.1, 0.15) is 39.5 Å². The number of ether oxygens (including phenoxy) is 1. The van der Waals surface area contributed by atoms with Crippen molar-refractivity contribution in [1.82, 2.24) is 9.80 Å². The largest absolute Gasteiger partial charge is 0.447 e. The lowest BCUT2D eigenvalue weighted by atomic mass is 9.99. The van der Waals surface area contributed by atoms with Gasteiger partial charge in [-0.2, -0.15) is 0 Å². The second-order valence-corrected chi connectivity index (χ2v) is 6.08. The van der Waals surface area contributed by atoms with E-state index < -0.39 is 5.92 Å². The first-order chi connectivity index (χ1) is 9.37. The van der Waals surface area contributed by atoms with Gasteiger partial charge in [-0.25, -0.2) is 13.6 Å². The summed E-state index contributed by atoms with van der Waals surface area (Å²) in [4.78, 5) is 15.3. The topological polar surface area (TPSA) is 32.8 Å². The fourth-order valence-corrected chi connectivity index (χ4v) is 3.00. The van der Waals surface area contributed by atoms with Crippen LogP contribution in [0.2, 0.25) is 0 Å². The fraction of sp³-hybridized carbons (Fsp3) is 0.929. The summed E-state index contributed by atoms with van der Waals surface area (Å²) in [5, 5.41) is 0. The van der Waals surface area contributed by atoms with Crippen molar-refractivity contribution in [3.63, 3.8) is 0 Å². The Morgan fingerprint density at radius 2 is 1.90 bits per heavy atom. The van der Waals surface area contributed by atoms with E-state index in [9.17, 15) is 13.6 Å². The Balaban J connectivity index is 1.80. The minimum Gasteiger partial charge on any atom is -0.447 e. The van der Waals surface area contributed by atoms with Gasteiger partial charge >= 0.3 is 6.09 Å². The lowest BCUT2D eigenvalue weighted by Gasteiger charge is -2.41. The molecule has 0 unspecified atom stereocenters. The van der Waals surface area contributed by atoms with Crippen LogP contribution in [0.5, 0.6) is 0 Å². The van der Waals surface area contributed by atoms with Gasteiger partial charge in [0, 0.05) is 25.6 Å². The van der Waals surface area contributed by atoms with Crippen LogP contribution in [0.4, 0.5) is 13.6 Å². The lowest BCUT2D eigenvalue weighted by Crippen LogP contribution is -2.52. The third-order valence-corrected chi connectivity index (χ3v) is 4.00. The van der Waals surface area contributed by atoms with Crippen molar-refractivity contribution < 1.29 is 18.3 Å². The number of carbonyl (C=O) groups excluding carboxylic acids is 1. The highest BCUT2D eigenvalue weighted by molar-refractivity contribution is 5.67. The Hall–Kier alpha value is -0.910. The normalized spacial score (nSPS) is 24.9. The molecule has 6 heteroatoms. The van der Waals surface area contributed by atoms with Gasteiger partial charge in [-0.3, -0.25) is 4.90 Å². The van der Waals surface area contributed by atoms with Crippen LogP contribution in [-0.4, -0.2) is 60.1 Å². The molecule has 0 aromatic heterocycles. The van der Waals surface area contributed by atoms with Crippen LogP contribution in [0, 0.1) is 0 Å². The average Bonchev–Trinajstić information content (AvgIpc) is 2.37. The molecular weight excluding hydrogens is 266 g/mol. The second-order valence-electron chi connectivity index (χ2n) is 6.08. The van der Waals surface area contributed by atoms with Gasteiger partial charge in [0.2, 0.25) is 0 Å². The number of hydrogen-bond acceptors (Lipinski definition) is 3. The number of hydrogen-bond donors (Lipinski definition) is 0. The molecule has 2 aliphatic rings. The smallest absolute Gasteiger partial charge is 0.410 e. The molecule has 0 spiro atoms. The van der Waals surface area contributed by atoms with Crippen LogP contribution in [0.15, 0.2) is 0 Å². The molecule has 0 saturated carbocycles. The molecule has 2 rings (SSSR count). The Bertz CT molecular complexity index is 342. The number of halogens is 2. The first kappa shape index (κ1) is 15.5. The van der Waals surface area contributed by atoms with Gasteiger partial charge in [0.15, 0.2) is 0 Å². The van der Waals surface area contributed by atoms with Crippen molar-refractivity contribution >= 4 is 6.09 Å². The zero-order valence-electron chi connectivity index (χ0n) is 12.3. The summed E-state index contributed by atoms with van der Waals surface area (Å²) in [5.74, 6) is -2.55. The minimum atomic E-state index is -2.55. The highest BCUT2D eigenvalue weighted by Gasteiger charge is 2.38. The molecule has 116 valence electrons. The van der Waals surface area contributed by atoms with Crippen molar-refractivity contribution in [2.45, 2.75) is 57.6 Å². The van der Waals surface area contributed by atoms with E-state index in [-0.39, 0.29) is 31.2 Å². The van der Waals surface area contributed by atoms with Crippen LogP contribution >= 0.6 is 0 Å². The van der Waals surface area contributed by atoms with E-state index in [1.54, 1.807) is 4.90 Å². The van der Waals surface area contributed by atoms with Crippen LogP contribution in [0.25, 0.3) is 0 Å². The summed E-state index contributed by atoms with van der Waals surface area (Å²) >= 11 is 0. The van der Waals surface area contributed by atoms with Gasteiger partial charge in [-0.05, 0) is 39.7 Å². The molecule has 2 aliphatic heterocycles. The number of amides is 1. The molecule has 0 atom stereocenters. The molecule has 0 aromatic carbocycles. The molecule has 2 saturated heterocycles. The maximum absolute atomic E-state index is 13.4. The van der Waals surface area contributed by atoms with Crippen LogP contribution in [-0.2, 0) is 4.74 Å². The van der Waals surface area contributed by atoms with E-state index in [0.717, 1.165) is 19.4 Å². The minimum absolute atomic E-state index is 0.00304. The highest BCUT2D eigenvalue weighted by Crippen LogP contribution is 2.30. The Morgan fingerprint density at radius 1 is 1.25 bits per heavy atom. The first-order valence-electron chi connectivity index (χ1n) is 7.45. The van der Waals surface area contributed by atoms with E-state index in [1.165, 1.54) is 0 Å². The maximum Gasteiger partial charge on any atom is 0.410 e. The maximum atomic E-state index is 13.4. The molecule has 2 heterocycles.